The third-order valence-corrected chi connectivity index (χ3v) is 2.20. The van der Waals surface area contributed by atoms with Crippen molar-refractivity contribution in [1.29, 1.82) is 0 Å². The summed E-state index contributed by atoms with van der Waals surface area (Å²) in [5.41, 5.74) is 0.155. The van der Waals surface area contributed by atoms with Gasteiger partial charge in [-0.05, 0) is 12.3 Å². The van der Waals surface area contributed by atoms with Gasteiger partial charge in [-0.1, -0.05) is 13.8 Å². The molecule has 1 aromatic heterocycles. The van der Waals surface area contributed by atoms with Crippen LogP contribution in [0.5, 0.6) is 0 Å². The minimum atomic E-state index is -1.59. The van der Waals surface area contributed by atoms with Crippen LogP contribution in [-0.4, -0.2) is 39.0 Å². The molecule has 0 aromatic carbocycles. The zero-order valence-corrected chi connectivity index (χ0v) is 9.87. The van der Waals surface area contributed by atoms with E-state index in [0.717, 1.165) is 0 Å². The Morgan fingerprint density at radius 1 is 1.47 bits per heavy atom. The fourth-order valence-corrected chi connectivity index (χ4v) is 1.42. The third kappa shape index (κ3) is 4.50. The van der Waals surface area contributed by atoms with Gasteiger partial charge in [0.1, 0.15) is 5.69 Å². The molecule has 1 heterocycles. The number of carbonyl (C=O) groups is 1. The number of hydrogen-bond donors (Lipinski definition) is 3. The monoisotopic (exact) mass is 237 g/mol. The summed E-state index contributed by atoms with van der Waals surface area (Å²) in [6.07, 6.45) is 4.67. The molecule has 1 amide bonds. The van der Waals surface area contributed by atoms with Crippen molar-refractivity contribution in [2.45, 2.75) is 26.2 Å². The minimum absolute atomic E-state index is 0.155. The number of aromatic nitrogens is 2. The summed E-state index contributed by atoms with van der Waals surface area (Å²) in [4.78, 5) is 19.3. The van der Waals surface area contributed by atoms with Gasteiger partial charge in [0.25, 0.3) is 5.91 Å². The van der Waals surface area contributed by atoms with Crippen molar-refractivity contribution in [3.05, 3.63) is 24.3 Å². The normalized spacial score (nSPS) is 12.3. The van der Waals surface area contributed by atoms with Crippen molar-refractivity contribution in [1.82, 2.24) is 15.3 Å². The lowest BCUT2D eigenvalue weighted by Crippen LogP contribution is -2.47. The minimum Gasteiger partial charge on any atom is -0.426 e. The first kappa shape index (κ1) is 13.6. The molecule has 0 aliphatic rings. The molecule has 1 aromatic rings. The smallest absolute Gasteiger partial charge is 0.426 e. The Balaban J connectivity index is 2.65. The SMILES string of the molecule is CC(C)C[C@H](NC(=O)c1cnccn1)B(O)O. The van der Waals surface area contributed by atoms with Crippen LogP contribution in [0.3, 0.4) is 0 Å². The van der Waals surface area contributed by atoms with Gasteiger partial charge in [0, 0.05) is 12.4 Å². The van der Waals surface area contributed by atoms with E-state index in [0.29, 0.717) is 6.42 Å². The highest BCUT2D eigenvalue weighted by atomic mass is 16.4. The van der Waals surface area contributed by atoms with E-state index in [-0.39, 0.29) is 11.6 Å². The van der Waals surface area contributed by atoms with E-state index in [2.05, 4.69) is 15.3 Å². The molecule has 0 unspecified atom stereocenters. The number of nitrogens with zero attached hydrogens (tertiary/aromatic N) is 2. The maximum Gasteiger partial charge on any atom is 0.475 e. The van der Waals surface area contributed by atoms with E-state index in [1.54, 1.807) is 0 Å². The predicted molar refractivity (Wildman–Crippen MR) is 62.9 cm³/mol. The van der Waals surface area contributed by atoms with E-state index in [9.17, 15) is 4.79 Å². The summed E-state index contributed by atoms with van der Waals surface area (Å²) in [6.45, 7) is 3.87. The molecule has 0 bridgehead atoms. The van der Waals surface area contributed by atoms with Gasteiger partial charge in [-0.3, -0.25) is 9.78 Å². The fraction of sp³-hybridized carbons (Fsp3) is 0.500. The van der Waals surface area contributed by atoms with Crippen molar-refractivity contribution in [2.75, 3.05) is 0 Å². The van der Waals surface area contributed by atoms with Crippen LogP contribution >= 0.6 is 0 Å². The maximum absolute atomic E-state index is 11.7. The zero-order chi connectivity index (χ0) is 12.8. The number of hydrogen-bond acceptors (Lipinski definition) is 5. The first-order valence-corrected chi connectivity index (χ1v) is 5.43. The van der Waals surface area contributed by atoms with Crippen LogP contribution < -0.4 is 5.32 Å². The first-order valence-electron chi connectivity index (χ1n) is 5.43. The molecule has 1 rings (SSSR count). The highest BCUT2D eigenvalue weighted by Crippen LogP contribution is 2.06. The summed E-state index contributed by atoms with van der Waals surface area (Å²) in [7, 11) is -1.59. The van der Waals surface area contributed by atoms with Gasteiger partial charge in [0.2, 0.25) is 0 Å². The van der Waals surface area contributed by atoms with Gasteiger partial charge < -0.3 is 15.4 Å². The average Bonchev–Trinajstić information content (AvgIpc) is 2.28. The quantitative estimate of drug-likeness (QED) is 0.607. The van der Waals surface area contributed by atoms with E-state index >= 15 is 0 Å². The molecule has 0 saturated carbocycles. The Morgan fingerprint density at radius 2 is 2.18 bits per heavy atom. The lowest BCUT2D eigenvalue weighted by atomic mass is 9.75. The molecular weight excluding hydrogens is 221 g/mol. The lowest BCUT2D eigenvalue weighted by Gasteiger charge is -2.19. The Morgan fingerprint density at radius 3 is 2.65 bits per heavy atom. The van der Waals surface area contributed by atoms with Crippen LogP contribution in [-0.2, 0) is 0 Å². The van der Waals surface area contributed by atoms with Crippen LogP contribution in [0.4, 0.5) is 0 Å². The van der Waals surface area contributed by atoms with Crippen LogP contribution in [0.2, 0.25) is 0 Å². The van der Waals surface area contributed by atoms with E-state index < -0.39 is 19.0 Å². The highest BCUT2D eigenvalue weighted by molar-refractivity contribution is 6.43. The largest absolute Gasteiger partial charge is 0.475 e. The van der Waals surface area contributed by atoms with Crippen LogP contribution in [0, 0.1) is 5.92 Å². The summed E-state index contributed by atoms with van der Waals surface area (Å²) in [6, 6.07) is 0. The molecule has 6 nitrogen and oxygen atoms in total. The van der Waals surface area contributed by atoms with Gasteiger partial charge in [-0.15, -0.1) is 0 Å². The molecule has 0 aliphatic heterocycles. The predicted octanol–water partition coefficient (Wildman–Crippen LogP) is -0.367. The fourth-order valence-electron chi connectivity index (χ4n) is 1.42. The molecule has 1 atom stereocenters. The number of nitrogens with one attached hydrogen (secondary N) is 1. The highest BCUT2D eigenvalue weighted by Gasteiger charge is 2.26. The molecule has 92 valence electrons. The Labute approximate surface area is 100 Å². The molecule has 0 radical (unpaired) electrons. The van der Waals surface area contributed by atoms with Gasteiger partial charge in [0.15, 0.2) is 0 Å². The molecule has 7 heteroatoms. The van der Waals surface area contributed by atoms with Crippen molar-refractivity contribution in [3.63, 3.8) is 0 Å². The number of amides is 1. The van der Waals surface area contributed by atoms with E-state index in [1.165, 1.54) is 18.6 Å². The molecule has 0 spiro atoms. The molecule has 0 fully saturated rings. The lowest BCUT2D eigenvalue weighted by molar-refractivity contribution is 0.0933. The zero-order valence-electron chi connectivity index (χ0n) is 9.87. The Kier molecular flexibility index (Phi) is 5.05. The van der Waals surface area contributed by atoms with Gasteiger partial charge in [-0.2, -0.15) is 0 Å². The molecule has 0 saturated heterocycles. The summed E-state index contributed by atoms with van der Waals surface area (Å²) < 4.78 is 0. The molecule has 3 N–H and O–H groups in total. The second-order valence-corrected chi connectivity index (χ2v) is 4.21. The van der Waals surface area contributed by atoms with Crippen molar-refractivity contribution >= 4 is 13.0 Å². The average molecular weight is 237 g/mol. The van der Waals surface area contributed by atoms with Crippen molar-refractivity contribution in [3.8, 4) is 0 Å². The standard InChI is InChI=1S/C10H16BN3O3/c1-7(2)5-9(11(16)17)14-10(15)8-6-12-3-4-13-8/h3-4,6-7,9,16-17H,5H2,1-2H3,(H,14,15)/t9-/m0/s1. The first-order chi connectivity index (χ1) is 8.00. The maximum atomic E-state index is 11.7. The summed E-state index contributed by atoms with van der Waals surface area (Å²) in [5, 5.41) is 20.8. The molecular formula is C10H16BN3O3. The topological polar surface area (TPSA) is 95.3 Å². The van der Waals surface area contributed by atoms with Crippen LogP contribution in [0.1, 0.15) is 30.8 Å². The van der Waals surface area contributed by atoms with Crippen LogP contribution in [0.15, 0.2) is 18.6 Å². The number of rotatable bonds is 5. The Hall–Kier alpha value is -1.47. The third-order valence-electron chi connectivity index (χ3n) is 2.20. The van der Waals surface area contributed by atoms with Crippen molar-refractivity contribution in [2.24, 2.45) is 5.92 Å². The van der Waals surface area contributed by atoms with E-state index in [4.69, 9.17) is 10.0 Å². The Bertz CT molecular complexity index is 359. The summed E-state index contributed by atoms with van der Waals surface area (Å²) in [5.74, 6) is -0.926. The molecule has 0 aliphatic carbocycles. The van der Waals surface area contributed by atoms with Gasteiger partial charge >= 0.3 is 7.12 Å². The van der Waals surface area contributed by atoms with Gasteiger partial charge in [0.05, 0.1) is 12.1 Å². The van der Waals surface area contributed by atoms with Gasteiger partial charge in [-0.25, -0.2) is 4.98 Å². The molecule has 17 heavy (non-hydrogen) atoms. The number of carbonyl (C=O) groups excluding carboxylic acids is 1. The summed E-state index contributed by atoms with van der Waals surface area (Å²) >= 11 is 0. The second kappa shape index (κ2) is 6.31. The van der Waals surface area contributed by atoms with Crippen LogP contribution in [0.25, 0.3) is 0 Å². The van der Waals surface area contributed by atoms with E-state index in [1.807, 2.05) is 13.8 Å². The van der Waals surface area contributed by atoms with Crippen molar-refractivity contribution < 1.29 is 14.8 Å². The second-order valence-electron chi connectivity index (χ2n) is 4.21.